The summed E-state index contributed by atoms with van der Waals surface area (Å²) in [6, 6.07) is 8.74. The molecule has 2 rings (SSSR count). The van der Waals surface area contributed by atoms with Crippen molar-refractivity contribution in [1.29, 1.82) is 0 Å². The molecule has 1 aromatic carbocycles. The van der Waals surface area contributed by atoms with Gasteiger partial charge in [0.05, 0.1) is 19.8 Å². The molecule has 0 fully saturated rings. The zero-order chi connectivity index (χ0) is 18.4. The van der Waals surface area contributed by atoms with Crippen molar-refractivity contribution in [1.82, 2.24) is 5.32 Å². The lowest BCUT2D eigenvalue weighted by Gasteiger charge is -2.15. The Morgan fingerprint density at radius 2 is 1.92 bits per heavy atom. The third kappa shape index (κ3) is 5.28. The van der Waals surface area contributed by atoms with Crippen LogP contribution < -0.4 is 14.8 Å². The van der Waals surface area contributed by atoms with E-state index in [1.165, 1.54) is 0 Å². The van der Waals surface area contributed by atoms with E-state index in [1.807, 2.05) is 26.0 Å². The monoisotopic (exact) mass is 345 g/mol. The standard InChI is InChI=1S/C20H27NO4/c1-13(2)10-11-24-18-9-7-16(12-19(18)23-5)20(22)21-15(4)17-8-6-14(3)25-17/h6-9,12-13,15H,10-11H2,1-5H3,(H,21,22). The zero-order valence-electron chi connectivity index (χ0n) is 15.6. The summed E-state index contributed by atoms with van der Waals surface area (Å²) in [5, 5.41) is 2.93. The van der Waals surface area contributed by atoms with Gasteiger partial charge < -0.3 is 19.2 Å². The number of benzene rings is 1. The van der Waals surface area contributed by atoms with E-state index >= 15 is 0 Å². The number of furan rings is 1. The van der Waals surface area contributed by atoms with E-state index in [0.29, 0.717) is 29.6 Å². The molecule has 0 aliphatic carbocycles. The number of carbonyl (C=O) groups is 1. The van der Waals surface area contributed by atoms with Crippen molar-refractivity contribution in [3.05, 3.63) is 47.4 Å². The number of amides is 1. The highest BCUT2D eigenvalue weighted by Gasteiger charge is 2.16. The summed E-state index contributed by atoms with van der Waals surface area (Å²) in [5.41, 5.74) is 0.517. The SMILES string of the molecule is COc1cc(C(=O)NC(C)c2ccc(C)o2)ccc1OCCC(C)C. The number of rotatable bonds is 8. The van der Waals surface area contributed by atoms with Crippen molar-refractivity contribution in [3.8, 4) is 11.5 Å². The van der Waals surface area contributed by atoms with Crippen LogP contribution in [-0.4, -0.2) is 19.6 Å². The Kier molecular flexibility index (Phi) is 6.51. The molecular weight excluding hydrogens is 318 g/mol. The second kappa shape index (κ2) is 8.60. The Hall–Kier alpha value is -2.43. The molecule has 0 saturated heterocycles. The normalized spacial score (nSPS) is 12.1. The third-order valence-electron chi connectivity index (χ3n) is 3.91. The molecule has 0 bridgehead atoms. The van der Waals surface area contributed by atoms with E-state index in [9.17, 15) is 4.79 Å². The molecule has 5 heteroatoms. The van der Waals surface area contributed by atoms with Gasteiger partial charge in [-0.05, 0) is 56.5 Å². The maximum Gasteiger partial charge on any atom is 0.252 e. The van der Waals surface area contributed by atoms with Gasteiger partial charge in [-0.25, -0.2) is 0 Å². The minimum Gasteiger partial charge on any atom is -0.493 e. The molecule has 1 unspecified atom stereocenters. The highest BCUT2D eigenvalue weighted by atomic mass is 16.5. The first kappa shape index (κ1) is 18.9. The number of nitrogens with one attached hydrogen (secondary N) is 1. The summed E-state index contributed by atoms with van der Waals surface area (Å²) in [4.78, 5) is 12.5. The van der Waals surface area contributed by atoms with Crippen LogP contribution in [0.15, 0.2) is 34.7 Å². The smallest absolute Gasteiger partial charge is 0.252 e. The summed E-state index contributed by atoms with van der Waals surface area (Å²) < 4.78 is 16.7. The summed E-state index contributed by atoms with van der Waals surface area (Å²) >= 11 is 0. The lowest BCUT2D eigenvalue weighted by molar-refractivity contribution is 0.0934. The fourth-order valence-electron chi connectivity index (χ4n) is 2.37. The molecule has 1 N–H and O–H groups in total. The van der Waals surface area contributed by atoms with Crippen molar-refractivity contribution in [3.63, 3.8) is 0 Å². The molecular formula is C20H27NO4. The van der Waals surface area contributed by atoms with Crippen LogP contribution in [0.5, 0.6) is 11.5 Å². The second-order valence-corrected chi connectivity index (χ2v) is 6.54. The lowest BCUT2D eigenvalue weighted by atomic mass is 10.1. The number of carbonyl (C=O) groups excluding carboxylic acids is 1. The molecule has 1 atom stereocenters. The molecule has 0 spiro atoms. The van der Waals surface area contributed by atoms with Gasteiger partial charge in [-0.3, -0.25) is 4.79 Å². The van der Waals surface area contributed by atoms with E-state index in [-0.39, 0.29) is 11.9 Å². The van der Waals surface area contributed by atoms with Gasteiger partial charge in [0, 0.05) is 5.56 Å². The fourth-order valence-corrected chi connectivity index (χ4v) is 2.37. The Morgan fingerprint density at radius 1 is 1.16 bits per heavy atom. The van der Waals surface area contributed by atoms with Crippen LogP contribution in [0.3, 0.4) is 0 Å². The largest absolute Gasteiger partial charge is 0.493 e. The van der Waals surface area contributed by atoms with Gasteiger partial charge in [0.2, 0.25) is 0 Å². The lowest BCUT2D eigenvalue weighted by Crippen LogP contribution is -2.26. The topological polar surface area (TPSA) is 60.7 Å². The van der Waals surface area contributed by atoms with Crippen LogP contribution in [-0.2, 0) is 0 Å². The molecule has 2 aromatic rings. The number of aryl methyl sites for hydroxylation is 1. The number of ether oxygens (including phenoxy) is 2. The van der Waals surface area contributed by atoms with Crippen LogP contribution in [0.2, 0.25) is 0 Å². The molecule has 136 valence electrons. The van der Waals surface area contributed by atoms with Crippen LogP contribution in [0.25, 0.3) is 0 Å². The fraction of sp³-hybridized carbons (Fsp3) is 0.450. The third-order valence-corrected chi connectivity index (χ3v) is 3.91. The summed E-state index contributed by atoms with van der Waals surface area (Å²) in [5.74, 6) is 3.13. The predicted octanol–water partition coefficient (Wildman–Crippen LogP) is 4.51. The van der Waals surface area contributed by atoms with Gasteiger partial charge in [0.25, 0.3) is 5.91 Å². The van der Waals surface area contributed by atoms with Gasteiger partial charge in [-0.15, -0.1) is 0 Å². The van der Waals surface area contributed by atoms with Crippen LogP contribution in [0, 0.1) is 12.8 Å². The molecule has 0 aliphatic heterocycles. The first-order valence-corrected chi connectivity index (χ1v) is 8.58. The average Bonchev–Trinajstić information content (AvgIpc) is 3.01. The van der Waals surface area contributed by atoms with Crippen molar-refractivity contribution in [2.75, 3.05) is 13.7 Å². The van der Waals surface area contributed by atoms with Gasteiger partial charge in [0.1, 0.15) is 11.5 Å². The maximum absolute atomic E-state index is 12.5. The first-order chi connectivity index (χ1) is 11.9. The van der Waals surface area contributed by atoms with E-state index < -0.39 is 0 Å². The quantitative estimate of drug-likeness (QED) is 0.764. The van der Waals surface area contributed by atoms with Crippen molar-refractivity contribution in [2.45, 2.75) is 40.2 Å². The Bertz CT molecular complexity index is 705. The molecule has 5 nitrogen and oxygen atoms in total. The van der Waals surface area contributed by atoms with Gasteiger partial charge in [-0.2, -0.15) is 0 Å². The van der Waals surface area contributed by atoms with Crippen molar-refractivity contribution in [2.24, 2.45) is 5.92 Å². The minimum absolute atomic E-state index is 0.186. The summed E-state index contributed by atoms with van der Waals surface area (Å²) in [7, 11) is 1.57. The number of hydrogen-bond donors (Lipinski definition) is 1. The summed E-state index contributed by atoms with van der Waals surface area (Å²) in [6.45, 7) is 8.68. The minimum atomic E-state index is -0.214. The maximum atomic E-state index is 12.5. The highest BCUT2D eigenvalue weighted by molar-refractivity contribution is 5.95. The van der Waals surface area contributed by atoms with Gasteiger partial charge in [-0.1, -0.05) is 13.8 Å². The number of hydrogen-bond acceptors (Lipinski definition) is 4. The summed E-state index contributed by atoms with van der Waals surface area (Å²) in [6.07, 6.45) is 0.964. The Morgan fingerprint density at radius 3 is 2.52 bits per heavy atom. The first-order valence-electron chi connectivity index (χ1n) is 8.58. The molecule has 1 amide bonds. The van der Waals surface area contributed by atoms with E-state index in [1.54, 1.807) is 25.3 Å². The van der Waals surface area contributed by atoms with E-state index in [0.717, 1.165) is 17.9 Å². The average molecular weight is 345 g/mol. The molecule has 0 radical (unpaired) electrons. The highest BCUT2D eigenvalue weighted by Crippen LogP contribution is 2.28. The molecule has 25 heavy (non-hydrogen) atoms. The zero-order valence-corrected chi connectivity index (χ0v) is 15.6. The van der Waals surface area contributed by atoms with E-state index in [4.69, 9.17) is 13.9 Å². The van der Waals surface area contributed by atoms with Crippen LogP contribution >= 0.6 is 0 Å². The molecule has 1 heterocycles. The Balaban J connectivity index is 2.04. The van der Waals surface area contributed by atoms with Crippen LogP contribution in [0.1, 0.15) is 55.1 Å². The predicted molar refractivity (Wildman–Crippen MR) is 97.3 cm³/mol. The van der Waals surface area contributed by atoms with Crippen molar-refractivity contribution >= 4 is 5.91 Å². The van der Waals surface area contributed by atoms with Crippen LogP contribution in [0.4, 0.5) is 0 Å². The van der Waals surface area contributed by atoms with Crippen molar-refractivity contribution < 1.29 is 18.7 Å². The van der Waals surface area contributed by atoms with Gasteiger partial charge in [0.15, 0.2) is 11.5 Å². The molecule has 1 aromatic heterocycles. The van der Waals surface area contributed by atoms with E-state index in [2.05, 4.69) is 19.2 Å². The Labute approximate surface area is 149 Å². The van der Waals surface area contributed by atoms with Gasteiger partial charge >= 0.3 is 0 Å². The second-order valence-electron chi connectivity index (χ2n) is 6.54. The number of methoxy groups -OCH3 is 1. The molecule has 0 saturated carbocycles. The molecule has 0 aliphatic rings.